The number of anilines is 1. The van der Waals surface area contributed by atoms with Crippen LogP contribution >= 0.6 is 0 Å². The van der Waals surface area contributed by atoms with Gasteiger partial charge < -0.3 is 9.84 Å². The van der Waals surface area contributed by atoms with Crippen LogP contribution in [0.4, 0.5) is 10.1 Å². The number of rotatable bonds is 2. The summed E-state index contributed by atoms with van der Waals surface area (Å²) in [4.78, 5) is 21.2. The number of amides is 1. The molecule has 2 aromatic carbocycles. The van der Waals surface area contributed by atoms with Gasteiger partial charge >= 0.3 is 0 Å². The summed E-state index contributed by atoms with van der Waals surface area (Å²) in [5, 5.41) is 7.82. The Kier molecular flexibility index (Phi) is 3.68. The van der Waals surface area contributed by atoms with Gasteiger partial charge in [0, 0.05) is 17.5 Å². The summed E-state index contributed by atoms with van der Waals surface area (Å²) in [5.74, 6) is -0.389. The molecule has 0 saturated heterocycles. The van der Waals surface area contributed by atoms with Crippen molar-refractivity contribution in [1.82, 2.24) is 15.1 Å². The van der Waals surface area contributed by atoms with Crippen molar-refractivity contribution in [3.05, 3.63) is 71.4 Å². The number of carbonyl (C=O) groups excluding carboxylic acids is 1. The lowest BCUT2D eigenvalue weighted by Gasteiger charge is -2.22. The van der Waals surface area contributed by atoms with Crippen molar-refractivity contribution >= 4 is 22.5 Å². The number of hydrogen-bond acceptors (Lipinski definition) is 5. The number of aryl methyl sites for hydroxylation is 1. The summed E-state index contributed by atoms with van der Waals surface area (Å²) in [6, 6.07) is 14.0. The van der Waals surface area contributed by atoms with E-state index in [1.165, 1.54) is 12.1 Å². The predicted octanol–water partition coefficient (Wildman–Crippen LogP) is 4.21. The third kappa shape index (κ3) is 2.72. The lowest BCUT2D eigenvalue weighted by molar-refractivity contribution is -0.116. The number of nitrogens with one attached hydrogen (secondary N) is 1. The van der Waals surface area contributed by atoms with Gasteiger partial charge in [-0.2, -0.15) is 4.98 Å². The number of benzene rings is 2. The van der Waals surface area contributed by atoms with E-state index in [-0.39, 0.29) is 12.3 Å². The molecule has 0 aliphatic carbocycles. The Morgan fingerprint density at radius 3 is 2.89 bits per heavy atom. The van der Waals surface area contributed by atoms with E-state index < -0.39 is 11.7 Å². The number of halogens is 1. The molecule has 2 aromatic heterocycles. The number of nitrogens with zero attached hydrogens (tertiary/aromatic N) is 3. The highest BCUT2D eigenvalue weighted by Gasteiger charge is 2.31. The van der Waals surface area contributed by atoms with Crippen LogP contribution in [0.2, 0.25) is 0 Å². The molecule has 0 saturated carbocycles. The van der Waals surface area contributed by atoms with Gasteiger partial charge in [0.1, 0.15) is 11.5 Å². The topological polar surface area (TPSA) is 80.9 Å². The maximum atomic E-state index is 13.5. The normalized spacial score (nSPS) is 16.1. The van der Waals surface area contributed by atoms with Crippen LogP contribution in [-0.4, -0.2) is 21.0 Å². The summed E-state index contributed by atoms with van der Waals surface area (Å²) in [6.45, 7) is 2.00. The van der Waals surface area contributed by atoms with E-state index in [1.54, 1.807) is 6.07 Å². The van der Waals surface area contributed by atoms with Crippen LogP contribution in [0.1, 0.15) is 29.4 Å². The van der Waals surface area contributed by atoms with E-state index in [0.717, 1.165) is 22.0 Å². The fourth-order valence-electron chi connectivity index (χ4n) is 3.60. The molecule has 1 N–H and O–H groups in total. The Bertz CT molecular complexity index is 1230. The third-order valence-electron chi connectivity index (χ3n) is 4.95. The number of carbonyl (C=O) groups is 1. The molecule has 1 atom stereocenters. The minimum atomic E-state index is -0.424. The molecule has 3 heterocycles. The van der Waals surface area contributed by atoms with Gasteiger partial charge in [-0.25, -0.2) is 9.37 Å². The average Bonchev–Trinajstić information content (AvgIpc) is 3.17. The van der Waals surface area contributed by atoms with Gasteiger partial charge in [-0.05, 0) is 42.3 Å². The molecular weight excluding hydrogens is 359 g/mol. The van der Waals surface area contributed by atoms with Crippen LogP contribution in [-0.2, 0) is 4.79 Å². The molecule has 0 fully saturated rings. The van der Waals surface area contributed by atoms with E-state index in [0.29, 0.717) is 23.1 Å². The third-order valence-corrected chi connectivity index (χ3v) is 4.95. The highest BCUT2D eigenvalue weighted by molar-refractivity contribution is 5.95. The number of aromatic nitrogens is 3. The Hall–Kier alpha value is -3.61. The van der Waals surface area contributed by atoms with Crippen molar-refractivity contribution in [3.63, 3.8) is 0 Å². The largest absolute Gasteiger partial charge is 0.338 e. The SMILES string of the molecule is Cc1cc(-c2noc(C3CC(=O)Nc4cc(F)ccc43)n2)nc2ccccc12. The van der Waals surface area contributed by atoms with Crippen molar-refractivity contribution in [1.29, 1.82) is 0 Å². The Balaban J connectivity index is 1.57. The molecule has 0 radical (unpaired) electrons. The molecule has 5 rings (SSSR count). The quantitative estimate of drug-likeness (QED) is 0.569. The Morgan fingerprint density at radius 1 is 1.14 bits per heavy atom. The van der Waals surface area contributed by atoms with Gasteiger partial charge in [0.15, 0.2) is 0 Å². The lowest BCUT2D eigenvalue weighted by Crippen LogP contribution is -2.23. The summed E-state index contributed by atoms with van der Waals surface area (Å²) in [7, 11) is 0. The smallest absolute Gasteiger partial charge is 0.235 e. The Morgan fingerprint density at radius 2 is 2.00 bits per heavy atom. The molecular formula is C21H15FN4O2. The number of hydrogen-bond donors (Lipinski definition) is 1. The first-order valence-electron chi connectivity index (χ1n) is 8.88. The van der Waals surface area contributed by atoms with Crippen LogP contribution in [0, 0.1) is 12.7 Å². The van der Waals surface area contributed by atoms with E-state index in [2.05, 4.69) is 20.4 Å². The van der Waals surface area contributed by atoms with Crippen molar-refractivity contribution in [2.75, 3.05) is 5.32 Å². The van der Waals surface area contributed by atoms with Crippen molar-refractivity contribution < 1.29 is 13.7 Å². The second-order valence-corrected chi connectivity index (χ2v) is 6.83. The monoisotopic (exact) mass is 374 g/mol. The first kappa shape index (κ1) is 16.6. The van der Waals surface area contributed by atoms with Gasteiger partial charge in [-0.1, -0.05) is 29.4 Å². The fraction of sp³-hybridized carbons (Fsp3) is 0.143. The zero-order valence-electron chi connectivity index (χ0n) is 14.9. The molecule has 0 bridgehead atoms. The highest BCUT2D eigenvalue weighted by Crippen LogP contribution is 2.37. The zero-order chi connectivity index (χ0) is 19.3. The molecule has 7 heteroatoms. The van der Waals surface area contributed by atoms with Crippen molar-refractivity contribution in [2.24, 2.45) is 0 Å². The average molecular weight is 374 g/mol. The molecule has 6 nitrogen and oxygen atoms in total. The van der Waals surface area contributed by atoms with Gasteiger partial charge in [0.25, 0.3) is 0 Å². The molecule has 4 aromatic rings. The molecule has 28 heavy (non-hydrogen) atoms. The van der Waals surface area contributed by atoms with Gasteiger partial charge in [0.2, 0.25) is 17.6 Å². The fourth-order valence-corrected chi connectivity index (χ4v) is 3.60. The standard InChI is InChI=1S/C21H15FN4O2/c1-11-8-18(23-16-5-3-2-4-13(11)16)20-25-21(28-26-20)15-10-19(27)24-17-9-12(22)6-7-14(15)17/h2-9,15H,10H2,1H3,(H,24,27). The highest BCUT2D eigenvalue weighted by atomic mass is 19.1. The van der Waals surface area contributed by atoms with Crippen molar-refractivity contribution in [3.8, 4) is 11.5 Å². The molecule has 1 aliphatic heterocycles. The first-order chi connectivity index (χ1) is 13.6. The van der Waals surface area contributed by atoms with Crippen LogP contribution < -0.4 is 5.32 Å². The maximum Gasteiger partial charge on any atom is 0.235 e. The van der Waals surface area contributed by atoms with Gasteiger partial charge in [-0.3, -0.25) is 4.79 Å². The van der Waals surface area contributed by atoms with Gasteiger partial charge in [-0.15, -0.1) is 0 Å². The van der Waals surface area contributed by atoms with Crippen LogP contribution in [0.5, 0.6) is 0 Å². The molecule has 1 aliphatic rings. The zero-order valence-corrected chi connectivity index (χ0v) is 14.9. The van der Waals surface area contributed by atoms with Crippen LogP contribution in [0.15, 0.2) is 53.1 Å². The van der Waals surface area contributed by atoms with E-state index in [1.807, 2.05) is 37.3 Å². The minimum absolute atomic E-state index is 0.157. The summed E-state index contributed by atoms with van der Waals surface area (Å²) < 4.78 is 19.0. The summed E-state index contributed by atoms with van der Waals surface area (Å²) >= 11 is 0. The molecule has 1 amide bonds. The van der Waals surface area contributed by atoms with E-state index in [9.17, 15) is 9.18 Å². The van der Waals surface area contributed by atoms with Crippen molar-refractivity contribution in [2.45, 2.75) is 19.3 Å². The first-order valence-corrected chi connectivity index (χ1v) is 8.88. The van der Waals surface area contributed by atoms with Gasteiger partial charge in [0.05, 0.1) is 11.4 Å². The second kappa shape index (κ2) is 6.23. The molecule has 138 valence electrons. The number of fused-ring (bicyclic) bond motifs is 2. The summed E-state index contributed by atoms with van der Waals surface area (Å²) in [6.07, 6.45) is 0.157. The molecule has 0 spiro atoms. The number of para-hydroxylation sites is 1. The predicted molar refractivity (Wildman–Crippen MR) is 101 cm³/mol. The van der Waals surface area contributed by atoms with Crippen LogP contribution in [0.25, 0.3) is 22.4 Å². The van der Waals surface area contributed by atoms with E-state index in [4.69, 9.17) is 4.52 Å². The number of pyridine rings is 1. The minimum Gasteiger partial charge on any atom is -0.338 e. The molecule has 1 unspecified atom stereocenters. The second-order valence-electron chi connectivity index (χ2n) is 6.83. The lowest BCUT2D eigenvalue weighted by atomic mass is 9.90. The summed E-state index contributed by atoms with van der Waals surface area (Å²) in [5.41, 5.74) is 3.69. The maximum absolute atomic E-state index is 13.5. The Labute approximate surface area is 159 Å². The van der Waals surface area contributed by atoms with E-state index >= 15 is 0 Å². The van der Waals surface area contributed by atoms with Crippen LogP contribution in [0.3, 0.4) is 0 Å².